The number of rotatable bonds is 6. The predicted octanol–water partition coefficient (Wildman–Crippen LogP) is 3.13. The average Bonchev–Trinajstić information content (AvgIpc) is 2.81. The molecule has 0 aliphatic rings. The van der Waals surface area contributed by atoms with Crippen molar-refractivity contribution in [3.8, 4) is 0 Å². The monoisotopic (exact) mass is 255 g/mol. The molecule has 0 spiro atoms. The van der Waals surface area contributed by atoms with Crippen molar-refractivity contribution >= 4 is 17.2 Å². The van der Waals surface area contributed by atoms with Crippen molar-refractivity contribution in [1.29, 1.82) is 0 Å². The van der Waals surface area contributed by atoms with Crippen LogP contribution in [-0.4, -0.2) is 18.6 Å². The molecule has 1 heterocycles. The number of carbonyl (C=O) groups excluding carboxylic acids is 1. The Balaban J connectivity index is 2.71. The summed E-state index contributed by atoms with van der Waals surface area (Å²) in [7, 11) is 1.56. The Morgan fingerprint density at radius 3 is 2.76 bits per heavy atom. The van der Waals surface area contributed by atoms with Gasteiger partial charge in [-0.1, -0.05) is 19.4 Å². The Morgan fingerprint density at radius 2 is 2.29 bits per heavy atom. The van der Waals surface area contributed by atoms with E-state index in [0.29, 0.717) is 0 Å². The molecule has 0 aliphatic heterocycles. The van der Waals surface area contributed by atoms with E-state index in [2.05, 4.69) is 18.3 Å². The summed E-state index contributed by atoms with van der Waals surface area (Å²) in [5.74, 6) is -0.0631. The van der Waals surface area contributed by atoms with Gasteiger partial charge in [0.1, 0.15) is 5.60 Å². The van der Waals surface area contributed by atoms with Gasteiger partial charge in [0.2, 0.25) is 0 Å². The number of methoxy groups -OCH3 is 1. The van der Waals surface area contributed by atoms with Crippen LogP contribution in [0.5, 0.6) is 0 Å². The van der Waals surface area contributed by atoms with Gasteiger partial charge in [-0.3, -0.25) is 4.79 Å². The molecule has 0 bridgehead atoms. The van der Waals surface area contributed by atoms with E-state index in [-0.39, 0.29) is 11.9 Å². The SMILES string of the molecule is CCCC(NC(=O)C(C)(C)OC)c1cccs1. The van der Waals surface area contributed by atoms with Gasteiger partial charge in [0.25, 0.3) is 5.91 Å². The molecule has 0 saturated heterocycles. The van der Waals surface area contributed by atoms with E-state index < -0.39 is 5.60 Å². The molecule has 0 aliphatic carbocycles. The number of ether oxygens (including phenoxy) is 1. The van der Waals surface area contributed by atoms with Crippen LogP contribution in [0, 0.1) is 0 Å². The van der Waals surface area contributed by atoms with Gasteiger partial charge >= 0.3 is 0 Å². The zero-order valence-electron chi connectivity index (χ0n) is 10.9. The quantitative estimate of drug-likeness (QED) is 0.848. The van der Waals surface area contributed by atoms with E-state index in [4.69, 9.17) is 4.74 Å². The van der Waals surface area contributed by atoms with E-state index >= 15 is 0 Å². The Morgan fingerprint density at radius 1 is 1.59 bits per heavy atom. The van der Waals surface area contributed by atoms with Gasteiger partial charge < -0.3 is 10.1 Å². The maximum Gasteiger partial charge on any atom is 0.252 e. The third-order valence-electron chi connectivity index (χ3n) is 2.83. The first kappa shape index (κ1) is 14.2. The normalized spacial score (nSPS) is 13.4. The highest BCUT2D eigenvalue weighted by molar-refractivity contribution is 7.10. The first-order valence-corrected chi connectivity index (χ1v) is 6.78. The van der Waals surface area contributed by atoms with Crippen LogP contribution in [0.15, 0.2) is 17.5 Å². The van der Waals surface area contributed by atoms with Gasteiger partial charge in [-0.25, -0.2) is 0 Å². The van der Waals surface area contributed by atoms with Crippen LogP contribution in [0.3, 0.4) is 0 Å². The van der Waals surface area contributed by atoms with Crippen molar-refractivity contribution in [3.63, 3.8) is 0 Å². The fourth-order valence-corrected chi connectivity index (χ4v) is 2.30. The summed E-state index contributed by atoms with van der Waals surface area (Å²) in [6.45, 7) is 5.67. The summed E-state index contributed by atoms with van der Waals surface area (Å²) >= 11 is 1.68. The zero-order chi connectivity index (χ0) is 12.9. The van der Waals surface area contributed by atoms with Crippen LogP contribution in [-0.2, 0) is 9.53 Å². The smallest absolute Gasteiger partial charge is 0.252 e. The second-order valence-corrected chi connectivity index (χ2v) is 5.52. The van der Waals surface area contributed by atoms with Crippen LogP contribution >= 0.6 is 11.3 Å². The Bertz CT molecular complexity index is 346. The number of amides is 1. The topological polar surface area (TPSA) is 38.3 Å². The summed E-state index contributed by atoms with van der Waals surface area (Å²) in [5.41, 5.74) is -0.775. The first-order valence-electron chi connectivity index (χ1n) is 5.90. The molecule has 1 rings (SSSR count). The second kappa shape index (κ2) is 6.17. The highest BCUT2D eigenvalue weighted by Gasteiger charge is 2.29. The molecule has 3 nitrogen and oxygen atoms in total. The summed E-state index contributed by atoms with van der Waals surface area (Å²) in [4.78, 5) is 13.2. The van der Waals surface area contributed by atoms with Gasteiger partial charge in [-0.15, -0.1) is 11.3 Å². The maximum absolute atomic E-state index is 12.0. The average molecular weight is 255 g/mol. The molecule has 1 N–H and O–H groups in total. The minimum atomic E-state index is -0.775. The zero-order valence-corrected chi connectivity index (χ0v) is 11.8. The van der Waals surface area contributed by atoms with Crippen LogP contribution in [0.4, 0.5) is 0 Å². The number of hydrogen-bond donors (Lipinski definition) is 1. The molecule has 1 unspecified atom stereocenters. The second-order valence-electron chi connectivity index (χ2n) is 4.54. The number of thiophene rings is 1. The van der Waals surface area contributed by atoms with E-state index in [9.17, 15) is 4.79 Å². The highest BCUT2D eigenvalue weighted by Crippen LogP contribution is 2.24. The molecule has 1 aromatic heterocycles. The van der Waals surface area contributed by atoms with Crippen LogP contribution in [0.25, 0.3) is 0 Å². The molecular formula is C13H21NO2S. The van der Waals surface area contributed by atoms with Crippen LogP contribution < -0.4 is 5.32 Å². The number of hydrogen-bond acceptors (Lipinski definition) is 3. The van der Waals surface area contributed by atoms with Gasteiger partial charge in [-0.2, -0.15) is 0 Å². The highest BCUT2D eigenvalue weighted by atomic mass is 32.1. The number of carbonyl (C=O) groups is 1. The van der Waals surface area contributed by atoms with Crippen molar-refractivity contribution in [2.45, 2.75) is 45.3 Å². The molecule has 4 heteroatoms. The summed E-state index contributed by atoms with van der Waals surface area (Å²) < 4.78 is 5.19. The lowest BCUT2D eigenvalue weighted by Gasteiger charge is -2.25. The van der Waals surface area contributed by atoms with Gasteiger partial charge in [-0.05, 0) is 31.7 Å². The Hall–Kier alpha value is -0.870. The third-order valence-corrected chi connectivity index (χ3v) is 3.81. The van der Waals surface area contributed by atoms with E-state index in [1.807, 2.05) is 11.4 Å². The predicted molar refractivity (Wildman–Crippen MR) is 71.2 cm³/mol. The molecule has 0 aromatic carbocycles. The molecule has 0 fully saturated rings. The van der Waals surface area contributed by atoms with Crippen molar-refractivity contribution < 1.29 is 9.53 Å². The van der Waals surface area contributed by atoms with Crippen LogP contribution in [0.1, 0.15) is 44.5 Å². The van der Waals surface area contributed by atoms with E-state index in [1.165, 1.54) is 4.88 Å². The fourth-order valence-electron chi connectivity index (χ4n) is 1.49. The lowest BCUT2D eigenvalue weighted by Crippen LogP contribution is -2.44. The first-order chi connectivity index (χ1) is 8.01. The maximum atomic E-state index is 12.0. The lowest BCUT2D eigenvalue weighted by molar-refractivity contribution is -0.140. The minimum Gasteiger partial charge on any atom is -0.369 e. The van der Waals surface area contributed by atoms with Crippen molar-refractivity contribution in [1.82, 2.24) is 5.32 Å². The molecule has 17 heavy (non-hydrogen) atoms. The summed E-state index contributed by atoms with van der Waals surface area (Å²) in [6, 6.07) is 4.17. The van der Waals surface area contributed by atoms with Crippen molar-refractivity contribution in [3.05, 3.63) is 22.4 Å². The molecule has 1 aromatic rings. The van der Waals surface area contributed by atoms with Crippen molar-refractivity contribution in [2.24, 2.45) is 0 Å². The Labute approximate surface area is 107 Å². The largest absolute Gasteiger partial charge is 0.369 e. The molecule has 0 saturated carbocycles. The molecule has 1 amide bonds. The molecule has 96 valence electrons. The summed E-state index contributed by atoms with van der Waals surface area (Å²) in [6.07, 6.45) is 1.99. The van der Waals surface area contributed by atoms with E-state index in [0.717, 1.165) is 12.8 Å². The Kier molecular flexibility index (Phi) is 5.15. The van der Waals surface area contributed by atoms with Gasteiger partial charge in [0.15, 0.2) is 0 Å². The number of nitrogens with one attached hydrogen (secondary N) is 1. The van der Waals surface area contributed by atoms with Gasteiger partial charge in [0, 0.05) is 12.0 Å². The molecule has 1 atom stereocenters. The van der Waals surface area contributed by atoms with Crippen LogP contribution in [0.2, 0.25) is 0 Å². The van der Waals surface area contributed by atoms with Crippen molar-refractivity contribution in [2.75, 3.05) is 7.11 Å². The minimum absolute atomic E-state index is 0.0631. The summed E-state index contributed by atoms with van der Waals surface area (Å²) in [5, 5.41) is 5.09. The standard InChI is InChI=1S/C13H21NO2S/c1-5-7-10(11-8-6-9-17-11)14-12(15)13(2,3)16-4/h6,8-10H,5,7H2,1-4H3,(H,14,15). The molecular weight excluding hydrogens is 234 g/mol. The van der Waals surface area contributed by atoms with Gasteiger partial charge in [0.05, 0.1) is 6.04 Å². The van der Waals surface area contributed by atoms with E-state index in [1.54, 1.807) is 32.3 Å². The fraction of sp³-hybridized carbons (Fsp3) is 0.615. The third kappa shape index (κ3) is 3.82. The lowest BCUT2D eigenvalue weighted by atomic mass is 10.1. The molecule has 0 radical (unpaired) electrons.